The first kappa shape index (κ1) is 10.7. The van der Waals surface area contributed by atoms with Crippen LogP contribution in [0, 0.1) is 17.2 Å². The Hall–Kier alpha value is -0.850. The summed E-state index contributed by atoms with van der Waals surface area (Å²) in [5.74, 6) is 0.736. The number of hydrogen-bond acceptors (Lipinski definition) is 3. The smallest absolute Gasteiger partial charge is 0.0943 e. The summed E-state index contributed by atoms with van der Waals surface area (Å²) in [5, 5.41) is 12.3. The number of hydrogen-bond donors (Lipinski definition) is 1. The Morgan fingerprint density at radius 1 is 1.60 bits per heavy atom. The van der Waals surface area contributed by atoms with Crippen LogP contribution >= 0.6 is 0 Å². The van der Waals surface area contributed by atoms with E-state index in [2.05, 4.69) is 29.4 Å². The highest BCUT2D eigenvalue weighted by atomic mass is 15.2. The molecule has 1 fully saturated rings. The molecule has 2 aliphatic rings. The molecule has 3 nitrogen and oxygen atoms in total. The molecule has 2 unspecified atom stereocenters. The highest BCUT2D eigenvalue weighted by molar-refractivity contribution is 5.22. The quantitative estimate of drug-likeness (QED) is 0.697. The van der Waals surface area contributed by atoms with Crippen LogP contribution in [-0.2, 0) is 0 Å². The minimum atomic E-state index is 0.662. The number of nitrogens with one attached hydrogen (secondary N) is 1. The van der Waals surface area contributed by atoms with Gasteiger partial charge >= 0.3 is 0 Å². The lowest BCUT2D eigenvalue weighted by molar-refractivity contribution is 0.135. The summed E-state index contributed by atoms with van der Waals surface area (Å²) >= 11 is 0. The van der Waals surface area contributed by atoms with Gasteiger partial charge in [-0.1, -0.05) is 6.08 Å². The molecule has 0 bridgehead atoms. The molecule has 0 spiro atoms. The van der Waals surface area contributed by atoms with E-state index in [4.69, 9.17) is 5.26 Å². The molecule has 1 N–H and O–H groups in total. The first-order valence-electron chi connectivity index (χ1n) is 5.81. The summed E-state index contributed by atoms with van der Waals surface area (Å²) in [6.07, 6.45) is 5.37. The monoisotopic (exact) mass is 205 g/mol. The minimum absolute atomic E-state index is 0.662. The second-order valence-corrected chi connectivity index (χ2v) is 4.63. The van der Waals surface area contributed by atoms with Crippen LogP contribution in [0.1, 0.15) is 19.3 Å². The van der Waals surface area contributed by atoms with Crippen molar-refractivity contribution in [3.8, 4) is 6.07 Å². The molecule has 0 aromatic carbocycles. The van der Waals surface area contributed by atoms with E-state index in [1.165, 1.54) is 6.42 Å². The highest BCUT2D eigenvalue weighted by Crippen LogP contribution is 2.28. The van der Waals surface area contributed by atoms with Gasteiger partial charge in [0, 0.05) is 31.2 Å². The lowest BCUT2D eigenvalue weighted by Crippen LogP contribution is -2.52. The summed E-state index contributed by atoms with van der Waals surface area (Å²) in [4.78, 5) is 2.46. The molecule has 1 aliphatic carbocycles. The van der Waals surface area contributed by atoms with E-state index in [0.29, 0.717) is 6.04 Å². The summed E-state index contributed by atoms with van der Waals surface area (Å²) in [6.45, 7) is 3.37. The van der Waals surface area contributed by atoms with Gasteiger partial charge in [-0.15, -0.1) is 0 Å². The zero-order chi connectivity index (χ0) is 10.7. The summed E-state index contributed by atoms with van der Waals surface area (Å²) in [7, 11) is 2.22. The van der Waals surface area contributed by atoms with Gasteiger partial charge in [0.25, 0.3) is 0 Å². The van der Waals surface area contributed by atoms with Crippen LogP contribution in [-0.4, -0.2) is 37.6 Å². The maximum absolute atomic E-state index is 8.80. The number of nitrogens with zero attached hydrogens (tertiary/aromatic N) is 2. The Morgan fingerprint density at radius 3 is 3.07 bits per heavy atom. The Bertz CT molecular complexity index is 290. The highest BCUT2D eigenvalue weighted by Gasteiger charge is 2.28. The first-order chi connectivity index (χ1) is 7.31. The molecule has 0 saturated carbocycles. The lowest BCUT2D eigenvalue weighted by atomic mass is 9.83. The number of rotatable bonds is 1. The van der Waals surface area contributed by atoms with Gasteiger partial charge in [-0.2, -0.15) is 5.26 Å². The van der Waals surface area contributed by atoms with Gasteiger partial charge in [-0.3, -0.25) is 0 Å². The standard InChI is InChI=1S/C12H19N3/c1-15-7-6-14-9-12(15)11-4-2-10(8-13)3-5-11/h2,11-12,14H,3-7,9H2,1H3. The van der Waals surface area contributed by atoms with Gasteiger partial charge in [0.2, 0.25) is 0 Å². The number of allylic oxidation sites excluding steroid dienone is 2. The number of nitriles is 1. The van der Waals surface area contributed by atoms with E-state index >= 15 is 0 Å². The molecule has 0 aromatic rings. The third-order valence-corrected chi connectivity index (χ3v) is 3.70. The molecule has 2 atom stereocenters. The molecule has 15 heavy (non-hydrogen) atoms. The zero-order valence-electron chi connectivity index (χ0n) is 9.37. The molecule has 1 saturated heterocycles. The Kier molecular flexibility index (Phi) is 3.40. The van der Waals surface area contributed by atoms with Crippen molar-refractivity contribution in [3.63, 3.8) is 0 Å². The lowest BCUT2D eigenvalue weighted by Gasteiger charge is -2.39. The molecular formula is C12H19N3. The largest absolute Gasteiger partial charge is 0.314 e. The molecule has 0 radical (unpaired) electrons. The molecule has 0 amide bonds. The van der Waals surface area contributed by atoms with E-state index in [1.54, 1.807) is 0 Å². The molecule has 1 heterocycles. The predicted molar refractivity (Wildman–Crippen MR) is 60.3 cm³/mol. The van der Waals surface area contributed by atoms with Crippen molar-refractivity contribution in [1.82, 2.24) is 10.2 Å². The van der Waals surface area contributed by atoms with Crippen molar-refractivity contribution >= 4 is 0 Å². The normalized spacial score (nSPS) is 33.2. The van der Waals surface area contributed by atoms with Gasteiger partial charge in [-0.25, -0.2) is 0 Å². The van der Waals surface area contributed by atoms with Gasteiger partial charge in [0.05, 0.1) is 6.07 Å². The second-order valence-electron chi connectivity index (χ2n) is 4.63. The van der Waals surface area contributed by atoms with Crippen LogP contribution in [0.25, 0.3) is 0 Å². The van der Waals surface area contributed by atoms with E-state index in [0.717, 1.165) is 44.0 Å². The molecular weight excluding hydrogens is 186 g/mol. The first-order valence-corrected chi connectivity index (χ1v) is 5.81. The fourth-order valence-corrected chi connectivity index (χ4v) is 2.66. The van der Waals surface area contributed by atoms with E-state index in [-0.39, 0.29) is 0 Å². The molecule has 3 heteroatoms. The van der Waals surface area contributed by atoms with Crippen LogP contribution in [0.2, 0.25) is 0 Å². The van der Waals surface area contributed by atoms with Crippen LogP contribution in [0.4, 0.5) is 0 Å². The van der Waals surface area contributed by atoms with Crippen LogP contribution in [0.5, 0.6) is 0 Å². The molecule has 82 valence electrons. The fourth-order valence-electron chi connectivity index (χ4n) is 2.66. The van der Waals surface area contributed by atoms with Crippen molar-refractivity contribution in [2.75, 3.05) is 26.7 Å². The average Bonchev–Trinajstić information content (AvgIpc) is 2.30. The predicted octanol–water partition coefficient (Wildman–Crippen LogP) is 1.14. The van der Waals surface area contributed by atoms with Gasteiger partial charge < -0.3 is 10.2 Å². The van der Waals surface area contributed by atoms with Crippen molar-refractivity contribution in [3.05, 3.63) is 11.6 Å². The number of piperazine rings is 1. The van der Waals surface area contributed by atoms with E-state index in [9.17, 15) is 0 Å². The van der Waals surface area contributed by atoms with Crippen LogP contribution < -0.4 is 5.32 Å². The summed E-state index contributed by atoms with van der Waals surface area (Å²) < 4.78 is 0. The molecule has 0 aromatic heterocycles. The number of likely N-dealkylation sites (N-methyl/N-ethyl adjacent to an activating group) is 1. The maximum atomic E-state index is 8.80. The average molecular weight is 205 g/mol. The third kappa shape index (κ3) is 2.39. The Morgan fingerprint density at radius 2 is 2.47 bits per heavy atom. The zero-order valence-corrected chi connectivity index (χ0v) is 9.37. The van der Waals surface area contributed by atoms with Crippen molar-refractivity contribution in [1.29, 1.82) is 5.26 Å². The van der Waals surface area contributed by atoms with E-state index in [1.807, 2.05) is 0 Å². The van der Waals surface area contributed by atoms with Gasteiger partial charge in [0.1, 0.15) is 0 Å². The van der Waals surface area contributed by atoms with Gasteiger partial charge in [0.15, 0.2) is 0 Å². The second kappa shape index (κ2) is 4.78. The topological polar surface area (TPSA) is 39.1 Å². The van der Waals surface area contributed by atoms with Gasteiger partial charge in [-0.05, 0) is 32.2 Å². The molecule has 1 aliphatic heterocycles. The van der Waals surface area contributed by atoms with Crippen LogP contribution in [0.15, 0.2) is 11.6 Å². The summed E-state index contributed by atoms with van der Waals surface area (Å²) in [6, 6.07) is 2.93. The third-order valence-electron chi connectivity index (χ3n) is 3.70. The van der Waals surface area contributed by atoms with Crippen molar-refractivity contribution in [2.24, 2.45) is 5.92 Å². The Labute approximate surface area is 91.8 Å². The maximum Gasteiger partial charge on any atom is 0.0943 e. The van der Waals surface area contributed by atoms with E-state index < -0.39 is 0 Å². The molecule has 2 rings (SSSR count). The SMILES string of the molecule is CN1CCNCC1C1CC=C(C#N)CC1. The Balaban J connectivity index is 1.95. The fraction of sp³-hybridized carbons (Fsp3) is 0.750. The minimum Gasteiger partial charge on any atom is -0.314 e. The van der Waals surface area contributed by atoms with Crippen molar-refractivity contribution in [2.45, 2.75) is 25.3 Å². The van der Waals surface area contributed by atoms with Crippen LogP contribution in [0.3, 0.4) is 0 Å². The summed E-state index contributed by atoms with van der Waals surface area (Å²) in [5.41, 5.74) is 0.984. The van der Waals surface area contributed by atoms with Crippen molar-refractivity contribution < 1.29 is 0 Å².